The van der Waals surface area contributed by atoms with E-state index in [2.05, 4.69) is 5.32 Å². The van der Waals surface area contributed by atoms with Gasteiger partial charge in [0.05, 0.1) is 12.3 Å². The fourth-order valence-corrected chi connectivity index (χ4v) is 3.02. The molecule has 1 aromatic carbocycles. The zero-order valence-corrected chi connectivity index (χ0v) is 14.6. The molecule has 1 saturated heterocycles. The number of hydrogen-bond acceptors (Lipinski definition) is 4. The lowest BCUT2D eigenvalue weighted by Crippen LogP contribution is -2.34. The van der Waals surface area contributed by atoms with Crippen molar-refractivity contribution < 1.29 is 14.0 Å². The fourth-order valence-electron chi connectivity index (χ4n) is 3.02. The molecule has 132 valence electrons. The number of carbonyl (C=O) groups excluding carboxylic acids is 2. The zero-order valence-electron chi connectivity index (χ0n) is 14.6. The molecule has 1 aromatic heterocycles. The average molecular weight is 341 g/mol. The van der Waals surface area contributed by atoms with Gasteiger partial charge in [-0.2, -0.15) is 0 Å². The molecule has 1 N–H and O–H groups in total. The smallest absolute Gasteiger partial charge is 0.251 e. The van der Waals surface area contributed by atoms with Gasteiger partial charge in [-0.1, -0.05) is 0 Å². The first-order chi connectivity index (χ1) is 12.1. The standard InChI is InChI=1S/C19H23N3O3/c1-21(2)16(17-5-4-12-25-17)13-20-19(24)14-7-9-15(10-8-14)22-11-3-6-18(22)23/h4-5,7-10,12,16H,3,6,11,13H2,1-2H3,(H,20,24). The number of nitrogens with zero attached hydrogens (tertiary/aromatic N) is 2. The molecular weight excluding hydrogens is 318 g/mol. The summed E-state index contributed by atoms with van der Waals surface area (Å²) in [7, 11) is 3.89. The Bertz CT molecular complexity index is 723. The highest BCUT2D eigenvalue weighted by Gasteiger charge is 2.22. The van der Waals surface area contributed by atoms with Crippen LogP contribution in [0.25, 0.3) is 0 Å². The summed E-state index contributed by atoms with van der Waals surface area (Å²) in [5.41, 5.74) is 1.42. The average Bonchev–Trinajstić information content (AvgIpc) is 3.26. The van der Waals surface area contributed by atoms with Gasteiger partial charge in [0.15, 0.2) is 0 Å². The van der Waals surface area contributed by atoms with Gasteiger partial charge in [0.25, 0.3) is 5.91 Å². The van der Waals surface area contributed by atoms with Crippen LogP contribution >= 0.6 is 0 Å². The molecule has 2 aromatic rings. The van der Waals surface area contributed by atoms with Crippen molar-refractivity contribution in [1.29, 1.82) is 0 Å². The molecule has 1 unspecified atom stereocenters. The van der Waals surface area contributed by atoms with Crippen LogP contribution in [0.4, 0.5) is 5.69 Å². The number of anilines is 1. The van der Waals surface area contributed by atoms with Gasteiger partial charge in [0.1, 0.15) is 5.76 Å². The molecule has 2 heterocycles. The Balaban J connectivity index is 1.62. The molecular formula is C19H23N3O3. The Labute approximate surface area is 147 Å². The first-order valence-corrected chi connectivity index (χ1v) is 8.44. The van der Waals surface area contributed by atoms with Crippen LogP contribution in [0.2, 0.25) is 0 Å². The van der Waals surface area contributed by atoms with Crippen LogP contribution in [-0.2, 0) is 4.79 Å². The maximum atomic E-state index is 12.4. The Hall–Kier alpha value is -2.60. The highest BCUT2D eigenvalue weighted by Crippen LogP contribution is 2.22. The summed E-state index contributed by atoms with van der Waals surface area (Å²) in [6.45, 7) is 1.20. The van der Waals surface area contributed by atoms with Crippen molar-refractivity contribution in [2.24, 2.45) is 0 Å². The van der Waals surface area contributed by atoms with Crippen molar-refractivity contribution in [3.05, 3.63) is 54.0 Å². The molecule has 0 radical (unpaired) electrons. The van der Waals surface area contributed by atoms with E-state index in [0.29, 0.717) is 18.5 Å². The van der Waals surface area contributed by atoms with Crippen LogP contribution < -0.4 is 10.2 Å². The van der Waals surface area contributed by atoms with Gasteiger partial charge in [0.2, 0.25) is 5.91 Å². The molecule has 0 aliphatic carbocycles. The number of nitrogens with one attached hydrogen (secondary N) is 1. The van der Waals surface area contributed by atoms with Gasteiger partial charge in [0, 0.05) is 30.8 Å². The van der Waals surface area contributed by atoms with Crippen LogP contribution in [0.3, 0.4) is 0 Å². The number of furan rings is 1. The van der Waals surface area contributed by atoms with Crippen molar-refractivity contribution in [2.45, 2.75) is 18.9 Å². The molecule has 1 fully saturated rings. The third kappa shape index (κ3) is 3.91. The number of amides is 2. The number of rotatable bonds is 6. The summed E-state index contributed by atoms with van der Waals surface area (Å²) in [5.74, 6) is 0.815. The normalized spacial score (nSPS) is 15.6. The monoisotopic (exact) mass is 341 g/mol. The largest absolute Gasteiger partial charge is 0.468 e. The molecule has 0 saturated carbocycles. The van der Waals surface area contributed by atoms with Gasteiger partial charge in [-0.05, 0) is 56.9 Å². The summed E-state index contributed by atoms with van der Waals surface area (Å²) in [4.78, 5) is 27.9. The van der Waals surface area contributed by atoms with E-state index in [1.807, 2.05) is 43.3 Å². The minimum atomic E-state index is -0.141. The first kappa shape index (κ1) is 17.2. The highest BCUT2D eigenvalue weighted by molar-refractivity contribution is 5.97. The second-order valence-electron chi connectivity index (χ2n) is 6.40. The molecule has 0 spiro atoms. The highest BCUT2D eigenvalue weighted by atomic mass is 16.3. The second kappa shape index (κ2) is 7.53. The SMILES string of the molecule is CN(C)C(CNC(=O)c1ccc(N2CCCC2=O)cc1)c1ccco1. The Morgan fingerprint density at radius 2 is 2.04 bits per heavy atom. The molecule has 0 bridgehead atoms. The van der Waals surface area contributed by atoms with Gasteiger partial charge in [-0.15, -0.1) is 0 Å². The maximum absolute atomic E-state index is 12.4. The molecule has 25 heavy (non-hydrogen) atoms. The van der Waals surface area contributed by atoms with E-state index in [4.69, 9.17) is 4.42 Å². The van der Waals surface area contributed by atoms with Gasteiger partial charge < -0.3 is 14.6 Å². The summed E-state index contributed by atoms with van der Waals surface area (Å²) >= 11 is 0. The molecule has 3 rings (SSSR count). The number of carbonyl (C=O) groups is 2. The molecule has 6 heteroatoms. The molecule has 1 aliphatic rings. The molecule has 1 aliphatic heterocycles. The van der Waals surface area contributed by atoms with Crippen LogP contribution in [-0.4, -0.2) is 43.9 Å². The minimum Gasteiger partial charge on any atom is -0.468 e. The lowest BCUT2D eigenvalue weighted by molar-refractivity contribution is -0.117. The third-order valence-corrected chi connectivity index (χ3v) is 4.47. The van der Waals surface area contributed by atoms with E-state index in [-0.39, 0.29) is 17.9 Å². The maximum Gasteiger partial charge on any atom is 0.251 e. The molecule has 1 atom stereocenters. The Morgan fingerprint density at radius 1 is 1.28 bits per heavy atom. The summed E-state index contributed by atoms with van der Waals surface area (Å²) < 4.78 is 5.45. The van der Waals surface area contributed by atoms with Crippen molar-refractivity contribution in [2.75, 3.05) is 32.1 Å². The fraction of sp³-hybridized carbons (Fsp3) is 0.368. The Kier molecular flexibility index (Phi) is 5.19. The van der Waals surface area contributed by atoms with Crippen molar-refractivity contribution in [1.82, 2.24) is 10.2 Å². The summed E-state index contributed by atoms with van der Waals surface area (Å²) in [6, 6.07) is 10.9. The van der Waals surface area contributed by atoms with Crippen molar-refractivity contribution in [3.8, 4) is 0 Å². The zero-order chi connectivity index (χ0) is 17.8. The quantitative estimate of drug-likeness (QED) is 0.876. The van der Waals surface area contributed by atoms with Crippen LogP contribution in [0.5, 0.6) is 0 Å². The van der Waals surface area contributed by atoms with Gasteiger partial charge in [-0.3, -0.25) is 14.5 Å². The number of likely N-dealkylation sites (N-methyl/N-ethyl adjacent to an activating group) is 1. The molecule has 2 amide bonds. The summed E-state index contributed by atoms with van der Waals surface area (Å²) in [5, 5.41) is 2.95. The lowest BCUT2D eigenvalue weighted by atomic mass is 10.1. The predicted molar refractivity (Wildman–Crippen MR) is 95.5 cm³/mol. The van der Waals surface area contributed by atoms with Crippen LogP contribution in [0, 0.1) is 0 Å². The Morgan fingerprint density at radius 3 is 2.60 bits per heavy atom. The van der Waals surface area contributed by atoms with E-state index < -0.39 is 0 Å². The predicted octanol–water partition coefficient (Wildman–Crippen LogP) is 2.44. The van der Waals surface area contributed by atoms with Gasteiger partial charge in [-0.25, -0.2) is 0 Å². The van der Waals surface area contributed by atoms with E-state index in [1.165, 1.54) is 0 Å². The topological polar surface area (TPSA) is 65.8 Å². The third-order valence-electron chi connectivity index (χ3n) is 4.47. The second-order valence-corrected chi connectivity index (χ2v) is 6.40. The number of hydrogen-bond donors (Lipinski definition) is 1. The lowest BCUT2D eigenvalue weighted by Gasteiger charge is -2.22. The van der Waals surface area contributed by atoms with Crippen molar-refractivity contribution in [3.63, 3.8) is 0 Å². The molecule has 6 nitrogen and oxygen atoms in total. The van der Waals surface area contributed by atoms with E-state index in [9.17, 15) is 9.59 Å². The minimum absolute atomic E-state index is 0.0274. The summed E-state index contributed by atoms with van der Waals surface area (Å²) in [6.07, 6.45) is 3.12. The van der Waals surface area contributed by atoms with Crippen molar-refractivity contribution >= 4 is 17.5 Å². The van der Waals surface area contributed by atoms with Crippen LogP contribution in [0.1, 0.15) is 35.0 Å². The van der Waals surface area contributed by atoms with Crippen LogP contribution in [0.15, 0.2) is 47.1 Å². The van der Waals surface area contributed by atoms with E-state index >= 15 is 0 Å². The van der Waals surface area contributed by atoms with E-state index in [0.717, 1.165) is 24.4 Å². The first-order valence-electron chi connectivity index (χ1n) is 8.44. The van der Waals surface area contributed by atoms with Gasteiger partial charge >= 0.3 is 0 Å². The van der Waals surface area contributed by atoms with E-state index in [1.54, 1.807) is 23.3 Å². The number of benzene rings is 1.